The van der Waals surface area contributed by atoms with Crippen LogP contribution in [-0.4, -0.2) is 31.6 Å². The fraction of sp³-hybridized carbons (Fsp3) is 0.263. The number of rotatable bonds is 4. The Kier molecular flexibility index (Phi) is 4.88. The number of nitrogens with zero attached hydrogens (tertiary/aromatic N) is 1. The van der Waals surface area contributed by atoms with Crippen molar-refractivity contribution in [1.29, 1.82) is 0 Å². The van der Waals surface area contributed by atoms with E-state index < -0.39 is 12.1 Å². The topological polar surface area (TPSA) is 70.7 Å². The van der Waals surface area contributed by atoms with Crippen LogP contribution in [0.4, 0.5) is 16.2 Å². The second kappa shape index (κ2) is 7.25. The third-order valence-electron chi connectivity index (χ3n) is 4.18. The van der Waals surface area contributed by atoms with Gasteiger partial charge in [0.15, 0.2) is 0 Å². The summed E-state index contributed by atoms with van der Waals surface area (Å²) in [6.45, 7) is 2.59. The molecule has 0 spiro atoms. The predicted octanol–water partition coefficient (Wildman–Crippen LogP) is 2.93. The number of aryl methyl sites for hydroxylation is 1. The minimum Gasteiger partial charge on any atom is -0.497 e. The van der Waals surface area contributed by atoms with Gasteiger partial charge in [-0.1, -0.05) is 23.8 Å². The summed E-state index contributed by atoms with van der Waals surface area (Å²) < 4.78 is 5.13. The maximum atomic E-state index is 12.5. The highest BCUT2D eigenvalue weighted by atomic mass is 16.5. The van der Waals surface area contributed by atoms with Crippen molar-refractivity contribution in [2.45, 2.75) is 19.4 Å². The number of ether oxygens (including phenoxy) is 1. The Hall–Kier alpha value is -3.02. The van der Waals surface area contributed by atoms with Gasteiger partial charge in [-0.25, -0.2) is 4.79 Å². The molecule has 1 aliphatic heterocycles. The number of anilines is 2. The minimum absolute atomic E-state index is 0.0929. The number of hydrogen-bond acceptors (Lipinski definition) is 3. The highest BCUT2D eigenvalue weighted by Gasteiger charge is 2.33. The van der Waals surface area contributed by atoms with E-state index in [1.807, 2.05) is 31.2 Å². The molecule has 1 aliphatic rings. The van der Waals surface area contributed by atoms with Crippen LogP contribution in [0, 0.1) is 6.92 Å². The molecule has 0 unspecified atom stereocenters. The number of methoxy groups -OCH3 is 1. The van der Waals surface area contributed by atoms with Crippen LogP contribution in [0.1, 0.15) is 12.0 Å². The molecule has 0 radical (unpaired) electrons. The van der Waals surface area contributed by atoms with Crippen LogP contribution in [0.2, 0.25) is 0 Å². The second-order valence-corrected chi connectivity index (χ2v) is 6.00. The van der Waals surface area contributed by atoms with Gasteiger partial charge in [-0.3, -0.25) is 4.79 Å². The molecule has 3 amide bonds. The van der Waals surface area contributed by atoms with Crippen molar-refractivity contribution in [3.8, 4) is 5.75 Å². The molecule has 6 nitrogen and oxygen atoms in total. The minimum atomic E-state index is -0.521. The van der Waals surface area contributed by atoms with E-state index in [1.54, 1.807) is 36.3 Å². The summed E-state index contributed by atoms with van der Waals surface area (Å²) >= 11 is 0. The number of urea groups is 1. The van der Waals surface area contributed by atoms with Crippen LogP contribution in [-0.2, 0) is 4.79 Å². The zero-order valence-corrected chi connectivity index (χ0v) is 14.3. The van der Waals surface area contributed by atoms with Crippen LogP contribution in [0.25, 0.3) is 0 Å². The van der Waals surface area contributed by atoms with E-state index in [9.17, 15) is 9.59 Å². The molecule has 2 N–H and O–H groups in total. The number of benzene rings is 2. The quantitative estimate of drug-likeness (QED) is 0.900. The summed E-state index contributed by atoms with van der Waals surface area (Å²) in [7, 11) is 1.57. The van der Waals surface area contributed by atoms with Crippen molar-refractivity contribution < 1.29 is 14.3 Å². The molecule has 0 saturated carbocycles. The first-order valence-electron chi connectivity index (χ1n) is 8.16. The molecule has 0 aromatic heterocycles. The van der Waals surface area contributed by atoms with Crippen LogP contribution in [0.3, 0.4) is 0 Å². The number of nitrogens with one attached hydrogen (secondary N) is 2. The lowest BCUT2D eigenvalue weighted by atomic mass is 10.2. The molecule has 1 fully saturated rings. The van der Waals surface area contributed by atoms with Crippen molar-refractivity contribution in [1.82, 2.24) is 5.32 Å². The van der Waals surface area contributed by atoms with Gasteiger partial charge >= 0.3 is 6.03 Å². The van der Waals surface area contributed by atoms with Crippen molar-refractivity contribution in [2.24, 2.45) is 0 Å². The number of carbonyl (C=O) groups is 2. The van der Waals surface area contributed by atoms with Gasteiger partial charge in [0.05, 0.1) is 7.11 Å². The molecule has 3 rings (SSSR count). The molecule has 2 aromatic rings. The summed E-state index contributed by atoms with van der Waals surface area (Å²) in [6, 6.07) is 13.9. The summed E-state index contributed by atoms with van der Waals surface area (Å²) in [5.41, 5.74) is 2.61. The van der Waals surface area contributed by atoms with Gasteiger partial charge in [-0.05, 0) is 37.6 Å². The van der Waals surface area contributed by atoms with Gasteiger partial charge < -0.3 is 20.3 Å². The third kappa shape index (κ3) is 3.91. The highest BCUT2D eigenvalue weighted by molar-refractivity contribution is 6.02. The Bertz CT molecular complexity index is 774. The predicted molar refractivity (Wildman–Crippen MR) is 97.1 cm³/mol. The summed E-state index contributed by atoms with van der Waals surface area (Å²) in [4.78, 5) is 26.4. The van der Waals surface area contributed by atoms with E-state index in [0.29, 0.717) is 24.4 Å². The van der Waals surface area contributed by atoms with Crippen LogP contribution in [0.5, 0.6) is 5.75 Å². The maximum absolute atomic E-state index is 12.5. The summed E-state index contributed by atoms with van der Waals surface area (Å²) in [6.07, 6.45) is 0.582. The maximum Gasteiger partial charge on any atom is 0.319 e. The van der Waals surface area contributed by atoms with Gasteiger partial charge in [-0.2, -0.15) is 0 Å². The molecule has 0 aliphatic carbocycles. The number of hydrogen-bond donors (Lipinski definition) is 2. The average molecular weight is 339 g/mol. The molecular formula is C19H21N3O3. The van der Waals surface area contributed by atoms with E-state index >= 15 is 0 Å². The fourth-order valence-electron chi connectivity index (χ4n) is 2.82. The van der Waals surface area contributed by atoms with E-state index in [1.165, 1.54) is 0 Å². The Balaban J connectivity index is 1.60. The van der Waals surface area contributed by atoms with E-state index in [0.717, 1.165) is 11.3 Å². The second-order valence-electron chi connectivity index (χ2n) is 6.00. The molecule has 2 aromatic carbocycles. The fourth-order valence-corrected chi connectivity index (χ4v) is 2.82. The Morgan fingerprint density at radius 2 is 1.96 bits per heavy atom. The first-order chi connectivity index (χ1) is 12.1. The summed E-state index contributed by atoms with van der Waals surface area (Å²) in [5, 5.41) is 5.47. The van der Waals surface area contributed by atoms with Crippen molar-refractivity contribution >= 4 is 23.3 Å². The lowest BCUT2D eigenvalue weighted by Gasteiger charge is -2.17. The largest absolute Gasteiger partial charge is 0.497 e. The molecule has 1 heterocycles. The Morgan fingerprint density at radius 3 is 2.68 bits per heavy atom. The summed E-state index contributed by atoms with van der Waals surface area (Å²) in [5.74, 6) is 0.560. The zero-order chi connectivity index (χ0) is 17.8. The van der Waals surface area contributed by atoms with Gasteiger partial charge in [0.25, 0.3) is 0 Å². The molecule has 130 valence electrons. The monoisotopic (exact) mass is 339 g/mol. The van der Waals surface area contributed by atoms with Crippen molar-refractivity contribution in [3.63, 3.8) is 0 Å². The van der Waals surface area contributed by atoms with Crippen LogP contribution >= 0.6 is 0 Å². The van der Waals surface area contributed by atoms with Crippen LogP contribution in [0.15, 0.2) is 48.5 Å². The Labute approximate surface area is 146 Å². The van der Waals surface area contributed by atoms with Gasteiger partial charge in [-0.15, -0.1) is 0 Å². The lowest BCUT2D eigenvalue weighted by Crippen LogP contribution is -2.43. The van der Waals surface area contributed by atoms with Gasteiger partial charge in [0.2, 0.25) is 5.91 Å². The Morgan fingerprint density at radius 1 is 1.20 bits per heavy atom. The SMILES string of the molecule is COc1cccc(NC(=O)N[C@H]2CCN(c3ccc(C)cc3)C2=O)c1. The molecular weight excluding hydrogens is 318 g/mol. The molecule has 25 heavy (non-hydrogen) atoms. The molecule has 1 atom stereocenters. The van der Waals surface area contributed by atoms with Crippen LogP contribution < -0.4 is 20.3 Å². The van der Waals surface area contributed by atoms with Gasteiger partial charge in [0.1, 0.15) is 11.8 Å². The lowest BCUT2D eigenvalue weighted by molar-refractivity contribution is -0.118. The molecule has 0 bridgehead atoms. The van der Waals surface area contributed by atoms with Crippen molar-refractivity contribution in [3.05, 3.63) is 54.1 Å². The molecule has 1 saturated heterocycles. The number of carbonyl (C=O) groups excluding carboxylic acids is 2. The zero-order valence-electron chi connectivity index (χ0n) is 14.3. The third-order valence-corrected chi connectivity index (χ3v) is 4.18. The van der Waals surface area contributed by atoms with E-state index in [2.05, 4.69) is 10.6 Å². The van der Waals surface area contributed by atoms with Crippen molar-refractivity contribution in [2.75, 3.05) is 23.9 Å². The van der Waals surface area contributed by atoms with Gasteiger partial charge in [0, 0.05) is 24.0 Å². The first kappa shape index (κ1) is 16.8. The normalized spacial score (nSPS) is 16.6. The molecule has 6 heteroatoms. The average Bonchev–Trinajstić information content (AvgIpc) is 2.96. The van der Waals surface area contributed by atoms with E-state index in [-0.39, 0.29) is 5.91 Å². The standard InChI is InChI=1S/C19H21N3O3/c1-13-6-8-15(9-7-13)22-11-10-17(18(22)23)21-19(24)20-14-4-3-5-16(12-14)25-2/h3-9,12,17H,10-11H2,1-2H3,(H2,20,21,24)/t17-/m0/s1. The number of amides is 3. The smallest absolute Gasteiger partial charge is 0.319 e. The highest BCUT2D eigenvalue weighted by Crippen LogP contribution is 2.22. The first-order valence-corrected chi connectivity index (χ1v) is 8.16. The van der Waals surface area contributed by atoms with E-state index in [4.69, 9.17) is 4.74 Å².